The third-order valence-electron chi connectivity index (χ3n) is 5.25. The molecule has 29 heavy (non-hydrogen) atoms. The first-order valence-corrected chi connectivity index (χ1v) is 10.0. The van der Waals surface area contributed by atoms with Gasteiger partial charge in [-0.25, -0.2) is 9.97 Å². The van der Waals surface area contributed by atoms with Crippen LogP contribution in [-0.2, 0) is 4.79 Å². The largest absolute Gasteiger partial charge is 0.339 e. The minimum Gasteiger partial charge on any atom is -0.339 e. The van der Waals surface area contributed by atoms with Crippen LogP contribution in [0.5, 0.6) is 0 Å². The lowest BCUT2D eigenvalue weighted by Crippen LogP contribution is -2.48. The van der Waals surface area contributed by atoms with Gasteiger partial charge in [0, 0.05) is 44.5 Å². The summed E-state index contributed by atoms with van der Waals surface area (Å²) >= 11 is 0. The van der Waals surface area contributed by atoms with E-state index in [0.717, 1.165) is 22.5 Å². The summed E-state index contributed by atoms with van der Waals surface area (Å²) in [5, 5.41) is 3.06. The molecule has 1 saturated heterocycles. The standard InChI is InChI=1S/C22H29N5O2/c1-14(2)18-8-6-7-15(3)20(18)25-21(29)19-13-16(4)23-22(24-19)27-11-9-26(10-12-27)17(5)28/h6-8,13-14H,9-12H2,1-5H3,(H,25,29). The Morgan fingerprint density at radius 1 is 1.07 bits per heavy atom. The molecule has 0 spiro atoms. The summed E-state index contributed by atoms with van der Waals surface area (Å²) in [4.78, 5) is 37.4. The van der Waals surface area contributed by atoms with E-state index in [1.165, 1.54) is 0 Å². The Morgan fingerprint density at radius 3 is 2.38 bits per heavy atom. The summed E-state index contributed by atoms with van der Waals surface area (Å²) in [6, 6.07) is 7.75. The van der Waals surface area contributed by atoms with E-state index in [-0.39, 0.29) is 11.8 Å². The molecule has 1 aromatic carbocycles. The molecule has 1 aliphatic rings. The number of piperazine rings is 1. The van der Waals surface area contributed by atoms with Gasteiger partial charge in [0.05, 0.1) is 0 Å². The fourth-order valence-electron chi connectivity index (χ4n) is 3.55. The van der Waals surface area contributed by atoms with Crippen molar-refractivity contribution in [3.63, 3.8) is 0 Å². The van der Waals surface area contributed by atoms with Crippen LogP contribution in [0.3, 0.4) is 0 Å². The molecule has 0 unspecified atom stereocenters. The van der Waals surface area contributed by atoms with Crippen LogP contribution in [0.1, 0.15) is 54.0 Å². The quantitative estimate of drug-likeness (QED) is 0.860. The maximum Gasteiger partial charge on any atom is 0.274 e. The topological polar surface area (TPSA) is 78.4 Å². The Morgan fingerprint density at radius 2 is 1.76 bits per heavy atom. The van der Waals surface area contributed by atoms with Crippen molar-refractivity contribution in [2.75, 3.05) is 36.4 Å². The molecule has 154 valence electrons. The Hall–Kier alpha value is -2.96. The second kappa shape index (κ2) is 8.59. The molecule has 0 saturated carbocycles. The molecule has 2 aromatic rings. The van der Waals surface area contributed by atoms with E-state index in [1.54, 1.807) is 13.0 Å². The Bertz CT molecular complexity index is 917. The Balaban J connectivity index is 1.82. The van der Waals surface area contributed by atoms with Crippen LogP contribution < -0.4 is 10.2 Å². The van der Waals surface area contributed by atoms with Crippen molar-refractivity contribution in [3.8, 4) is 0 Å². The van der Waals surface area contributed by atoms with Crippen LogP contribution in [0.4, 0.5) is 11.6 Å². The number of hydrogen-bond acceptors (Lipinski definition) is 5. The molecule has 1 fully saturated rings. The number of nitrogens with zero attached hydrogens (tertiary/aromatic N) is 4. The highest BCUT2D eigenvalue weighted by Crippen LogP contribution is 2.28. The third kappa shape index (κ3) is 4.72. The predicted molar refractivity (Wildman–Crippen MR) is 114 cm³/mol. The molecule has 0 atom stereocenters. The average Bonchev–Trinajstić information content (AvgIpc) is 2.68. The van der Waals surface area contributed by atoms with Gasteiger partial charge in [-0.15, -0.1) is 0 Å². The summed E-state index contributed by atoms with van der Waals surface area (Å²) in [5.74, 6) is 0.669. The van der Waals surface area contributed by atoms with Crippen molar-refractivity contribution in [3.05, 3.63) is 46.8 Å². The van der Waals surface area contributed by atoms with Crippen LogP contribution >= 0.6 is 0 Å². The normalized spacial score (nSPS) is 14.3. The van der Waals surface area contributed by atoms with Gasteiger partial charge in [-0.3, -0.25) is 9.59 Å². The van der Waals surface area contributed by atoms with Gasteiger partial charge >= 0.3 is 0 Å². The van der Waals surface area contributed by atoms with Crippen LogP contribution in [0.25, 0.3) is 0 Å². The van der Waals surface area contributed by atoms with Crippen molar-refractivity contribution in [1.82, 2.24) is 14.9 Å². The number of amides is 2. The average molecular weight is 396 g/mol. The number of carbonyl (C=O) groups excluding carboxylic acids is 2. The summed E-state index contributed by atoms with van der Waals surface area (Å²) < 4.78 is 0. The lowest BCUT2D eigenvalue weighted by atomic mass is 9.98. The number of carbonyl (C=O) groups is 2. The highest BCUT2D eigenvalue weighted by molar-refractivity contribution is 6.04. The zero-order valence-electron chi connectivity index (χ0n) is 17.8. The van der Waals surface area contributed by atoms with Crippen molar-refractivity contribution in [2.45, 2.75) is 40.5 Å². The predicted octanol–water partition coefficient (Wildman–Crippen LogP) is 3.14. The van der Waals surface area contributed by atoms with Gasteiger partial charge in [0.1, 0.15) is 5.69 Å². The lowest BCUT2D eigenvalue weighted by Gasteiger charge is -2.34. The molecule has 3 rings (SSSR count). The smallest absolute Gasteiger partial charge is 0.274 e. The van der Waals surface area contributed by atoms with Crippen molar-refractivity contribution >= 4 is 23.5 Å². The lowest BCUT2D eigenvalue weighted by molar-refractivity contribution is -0.129. The van der Waals surface area contributed by atoms with Gasteiger partial charge in [-0.1, -0.05) is 32.0 Å². The number of anilines is 2. The number of benzene rings is 1. The molecule has 1 aliphatic heterocycles. The van der Waals surface area contributed by atoms with E-state index in [1.807, 2.05) is 41.8 Å². The minimum atomic E-state index is -0.240. The first-order chi connectivity index (χ1) is 13.8. The van der Waals surface area contributed by atoms with Crippen LogP contribution in [-0.4, -0.2) is 52.9 Å². The molecule has 7 nitrogen and oxygen atoms in total. The van der Waals surface area contributed by atoms with Gasteiger partial charge in [-0.05, 0) is 37.0 Å². The molecule has 1 aromatic heterocycles. The summed E-state index contributed by atoms with van der Waals surface area (Å²) in [6.45, 7) is 12.2. The highest BCUT2D eigenvalue weighted by Gasteiger charge is 2.22. The second-order valence-electron chi connectivity index (χ2n) is 7.84. The zero-order chi connectivity index (χ0) is 21.1. The number of aryl methyl sites for hydroxylation is 2. The molecule has 2 amide bonds. The molecule has 2 heterocycles. The maximum atomic E-state index is 13.0. The van der Waals surface area contributed by atoms with Crippen molar-refractivity contribution < 1.29 is 9.59 Å². The van der Waals surface area contributed by atoms with E-state index >= 15 is 0 Å². The summed E-state index contributed by atoms with van der Waals surface area (Å²) in [5.41, 5.74) is 4.06. The number of rotatable bonds is 4. The molecule has 0 radical (unpaired) electrons. The van der Waals surface area contributed by atoms with Crippen LogP contribution in [0.2, 0.25) is 0 Å². The monoisotopic (exact) mass is 395 g/mol. The first kappa shape index (κ1) is 20.8. The van der Waals surface area contributed by atoms with Gasteiger partial charge < -0.3 is 15.1 Å². The SMILES string of the molecule is CC(=O)N1CCN(c2nc(C)cc(C(=O)Nc3c(C)cccc3C(C)C)n2)CC1. The van der Waals surface area contributed by atoms with Gasteiger partial charge in [0.25, 0.3) is 5.91 Å². The second-order valence-corrected chi connectivity index (χ2v) is 7.84. The Kier molecular flexibility index (Phi) is 6.15. The molecular weight excluding hydrogens is 366 g/mol. The summed E-state index contributed by atoms with van der Waals surface area (Å²) in [7, 11) is 0. The van der Waals surface area contributed by atoms with Crippen molar-refractivity contribution in [2.24, 2.45) is 0 Å². The maximum absolute atomic E-state index is 13.0. The molecule has 0 bridgehead atoms. The van der Waals surface area contributed by atoms with E-state index in [9.17, 15) is 9.59 Å². The Labute approximate surface area is 172 Å². The van der Waals surface area contributed by atoms with Gasteiger partial charge in [0.15, 0.2) is 0 Å². The zero-order valence-corrected chi connectivity index (χ0v) is 17.8. The first-order valence-electron chi connectivity index (χ1n) is 10.0. The number of nitrogens with one attached hydrogen (secondary N) is 1. The molecule has 1 N–H and O–H groups in total. The van der Waals surface area contributed by atoms with E-state index in [4.69, 9.17) is 0 Å². The number of hydrogen-bond donors (Lipinski definition) is 1. The summed E-state index contributed by atoms with van der Waals surface area (Å²) in [6.07, 6.45) is 0. The molecular formula is C22H29N5O2. The molecule has 0 aliphatic carbocycles. The molecule has 7 heteroatoms. The number of para-hydroxylation sites is 1. The minimum absolute atomic E-state index is 0.0778. The van der Waals surface area contributed by atoms with Gasteiger partial charge in [0.2, 0.25) is 11.9 Å². The van der Waals surface area contributed by atoms with E-state index in [0.29, 0.717) is 43.7 Å². The van der Waals surface area contributed by atoms with E-state index in [2.05, 4.69) is 29.1 Å². The fourth-order valence-corrected chi connectivity index (χ4v) is 3.55. The van der Waals surface area contributed by atoms with E-state index < -0.39 is 0 Å². The highest BCUT2D eigenvalue weighted by atomic mass is 16.2. The van der Waals surface area contributed by atoms with Crippen LogP contribution in [0, 0.1) is 13.8 Å². The van der Waals surface area contributed by atoms with Crippen LogP contribution in [0.15, 0.2) is 24.3 Å². The van der Waals surface area contributed by atoms with Gasteiger partial charge in [-0.2, -0.15) is 0 Å². The van der Waals surface area contributed by atoms with Crippen molar-refractivity contribution in [1.29, 1.82) is 0 Å². The number of aromatic nitrogens is 2. The third-order valence-corrected chi connectivity index (χ3v) is 5.25. The fraction of sp³-hybridized carbons (Fsp3) is 0.455.